The van der Waals surface area contributed by atoms with Crippen LogP contribution in [-0.4, -0.2) is 35.2 Å². The van der Waals surface area contributed by atoms with Crippen LogP contribution in [0.4, 0.5) is 5.69 Å². The molecule has 3 heterocycles. The molecule has 0 amide bonds. The van der Waals surface area contributed by atoms with Crippen molar-refractivity contribution in [3.63, 3.8) is 0 Å². The van der Waals surface area contributed by atoms with E-state index in [2.05, 4.69) is 33.1 Å². The SMILES string of the molecule is COc1ccnc(CSc2nc3cc(N4CCCCCC4)ccc3[nH]2)c1C. The van der Waals surface area contributed by atoms with Crippen LogP contribution in [0.5, 0.6) is 5.75 Å². The molecule has 2 aromatic heterocycles. The summed E-state index contributed by atoms with van der Waals surface area (Å²) in [5, 5.41) is 0.932. The van der Waals surface area contributed by atoms with Crippen LogP contribution in [0.25, 0.3) is 11.0 Å². The highest BCUT2D eigenvalue weighted by atomic mass is 32.2. The van der Waals surface area contributed by atoms with Crippen LogP contribution >= 0.6 is 11.8 Å². The van der Waals surface area contributed by atoms with Crippen LogP contribution in [0.3, 0.4) is 0 Å². The highest BCUT2D eigenvalue weighted by molar-refractivity contribution is 7.98. The van der Waals surface area contributed by atoms with E-state index in [1.54, 1.807) is 25.1 Å². The Morgan fingerprint density at radius 1 is 1.15 bits per heavy atom. The lowest BCUT2D eigenvalue weighted by atomic mass is 10.2. The number of nitrogens with one attached hydrogen (secondary N) is 1. The number of anilines is 1. The van der Waals surface area contributed by atoms with Crippen molar-refractivity contribution in [1.29, 1.82) is 0 Å². The number of methoxy groups -OCH3 is 1. The molecule has 0 bridgehead atoms. The van der Waals surface area contributed by atoms with Gasteiger partial charge in [-0.2, -0.15) is 0 Å². The van der Waals surface area contributed by atoms with Crippen molar-refractivity contribution < 1.29 is 4.74 Å². The number of nitrogens with zero attached hydrogens (tertiary/aromatic N) is 3. The molecule has 1 N–H and O–H groups in total. The van der Waals surface area contributed by atoms with E-state index in [-0.39, 0.29) is 0 Å². The zero-order chi connectivity index (χ0) is 18.6. The predicted molar refractivity (Wildman–Crippen MR) is 112 cm³/mol. The van der Waals surface area contributed by atoms with Gasteiger partial charge in [0.1, 0.15) is 5.75 Å². The number of ether oxygens (including phenoxy) is 1. The fourth-order valence-corrected chi connectivity index (χ4v) is 4.54. The Morgan fingerprint density at radius 2 is 1.96 bits per heavy atom. The lowest BCUT2D eigenvalue weighted by Crippen LogP contribution is -2.23. The van der Waals surface area contributed by atoms with Crippen LogP contribution in [0.1, 0.15) is 36.9 Å². The van der Waals surface area contributed by atoms with Crippen molar-refractivity contribution in [3.8, 4) is 5.75 Å². The fourth-order valence-electron chi connectivity index (χ4n) is 3.63. The topological polar surface area (TPSA) is 54.0 Å². The Balaban J connectivity index is 1.50. The minimum atomic E-state index is 0.766. The largest absolute Gasteiger partial charge is 0.496 e. The van der Waals surface area contributed by atoms with Gasteiger partial charge in [0.25, 0.3) is 0 Å². The summed E-state index contributed by atoms with van der Waals surface area (Å²) in [5.41, 5.74) is 5.54. The summed E-state index contributed by atoms with van der Waals surface area (Å²) in [6, 6.07) is 8.49. The molecule has 1 aromatic carbocycles. The lowest BCUT2D eigenvalue weighted by molar-refractivity contribution is 0.410. The molecule has 3 aromatic rings. The first-order valence-corrected chi connectivity index (χ1v) is 10.6. The number of pyridine rings is 1. The van der Waals surface area contributed by atoms with E-state index in [4.69, 9.17) is 9.72 Å². The van der Waals surface area contributed by atoms with Gasteiger partial charge in [0, 0.05) is 36.3 Å². The third-order valence-electron chi connectivity index (χ3n) is 5.24. The van der Waals surface area contributed by atoms with E-state index in [0.29, 0.717) is 0 Å². The maximum atomic E-state index is 5.39. The Labute approximate surface area is 164 Å². The summed E-state index contributed by atoms with van der Waals surface area (Å²) in [7, 11) is 1.69. The van der Waals surface area contributed by atoms with Crippen molar-refractivity contribution in [2.24, 2.45) is 0 Å². The number of rotatable bonds is 5. The molecule has 5 nitrogen and oxygen atoms in total. The molecule has 0 saturated carbocycles. The van der Waals surface area contributed by atoms with Gasteiger partial charge >= 0.3 is 0 Å². The van der Waals surface area contributed by atoms with Gasteiger partial charge in [-0.1, -0.05) is 24.6 Å². The summed E-state index contributed by atoms with van der Waals surface area (Å²) in [4.78, 5) is 15.2. The molecule has 0 unspecified atom stereocenters. The average molecular weight is 383 g/mol. The molecule has 142 valence electrons. The van der Waals surface area contributed by atoms with E-state index in [1.807, 2.05) is 13.0 Å². The molecule has 1 saturated heterocycles. The van der Waals surface area contributed by atoms with Crippen molar-refractivity contribution in [1.82, 2.24) is 15.0 Å². The highest BCUT2D eigenvalue weighted by Gasteiger charge is 2.13. The Kier molecular flexibility index (Phi) is 5.53. The first-order chi connectivity index (χ1) is 13.2. The molecule has 0 atom stereocenters. The summed E-state index contributed by atoms with van der Waals surface area (Å²) in [6.07, 6.45) is 7.06. The maximum Gasteiger partial charge on any atom is 0.166 e. The monoisotopic (exact) mass is 382 g/mol. The normalized spacial score (nSPS) is 15.1. The minimum Gasteiger partial charge on any atom is -0.496 e. The van der Waals surface area contributed by atoms with Crippen LogP contribution in [0.2, 0.25) is 0 Å². The van der Waals surface area contributed by atoms with Crippen molar-refractivity contribution in [2.45, 2.75) is 43.5 Å². The van der Waals surface area contributed by atoms with Gasteiger partial charge in [-0.05, 0) is 44.0 Å². The molecular weight excluding hydrogens is 356 g/mol. The molecule has 1 aliphatic heterocycles. The standard InChI is InChI=1S/C21H26N4OS/c1-15-19(22-10-9-20(15)26-2)14-27-21-23-17-8-7-16(13-18(17)24-21)25-11-5-3-4-6-12-25/h7-10,13H,3-6,11-12,14H2,1-2H3,(H,23,24). The molecule has 27 heavy (non-hydrogen) atoms. The van der Waals surface area contributed by atoms with Crippen LogP contribution < -0.4 is 9.64 Å². The van der Waals surface area contributed by atoms with E-state index >= 15 is 0 Å². The number of aromatic amines is 1. The van der Waals surface area contributed by atoms with Gasteiger partial charge in [0.2, 0.25) is 0 Å². The van der Waals surface area contributed by atoms with E-state index in [9.17, 15) is 0 Å². The molecule has 0 spiro atoms. The van der Waals surface area contributed by atoms with Crippen molar-refractivity contribution >= 4 is 28.5 Å². The molecule has 0 aliphatic carbocycles. The van der Waals surface area contributed by atoms with Gasteiger partial charge in [-0.15, -0.1) is 0 Å². The minimum absolute atomic E-state index is 0.766. The van der Waals surface area contributed by atoms with Gasteiger partial charge in [0.15, 0.2) is 5.16 Å². The Hall–Kier alpha value is -2.21. The number of imidazole rings is 1. The van der Waals surface area contributed by atoms with Gasteiger partial charge in [-0.25, -0.2) is 4.98 Å². The quantitative estimate of drug-likeness (QED) is 0.633. The zero-order valence-corrected chi connectivity index (χ0v) is 16.8. The second-order valence-corrected chi connectivity index (χ2v) is 7.98. The van der Waals surface area contributed by atoms with Crippen molar-refractivity contribution in [2.75, 3.05) is 25.1 Å². The Morgan fingerprint density at radius 3 is 2.74 bits per heavy atom. The van der Waals surface area contributed by atoms with Crippen LogP contribution in [0.15, 0.2) is 35.6 Å². The first-order valence-electron chi connectivity index (χ1n) is 9.60. The van der Waals surface area contributed by atoms with E-state index in [1.165, 1.54) is 31.4 Å². The van der Waals surface area contributed by atoms with Gasteiger partial charge in [-0.3, -0.25) is 4.98 Å². The molecule has 6 heteroatoms. The first kappa shape index (κ1) is 18.2. The molecule has 1 fully saturated rings. The van der Waals surface area contributed by atoms with E-state index in [0.717, 1.165) is 52.0 Å². The maximum absolute atomic E-state index is 5.39. The number of aromatic nitrogens is 3. The number of H-pyrrole nitrogens is 1. The summed E-state index contributed by atoms with van der Waals surface area (Å²) in [5.74, 6) is 1.65. The highest BCUT2D eigenvalue weighted by Crippen LogP contribution is 2.29. The third kappa shape index (κ3) is 4.05. The predicted octanol–water partition coefficient (Wildman–Crippen LogP) is 4.95. The second-order valence-electron chi connectivity index (χ2n) is 7.02. The Bertz CT molecular complexity index is 916. The van der Waals surface area contributed by atoms with Crippen LogP contribution in [0, 0.1) is 6.92 Å². The summed E-state index contributed by atoms with van der Waals surface area (Å²) in [6.45, 7) is 4.35. The molecule has 1 aliphatic rings. The van der Waals surface area contributed by atoms with Crippen molar-refractivity contribution in [3.05, 3.63) is 41.7 Å². The number of benzene rings is 1. The number of hydrogen-bond acceptors (Lipinski definition) is 5. The molecular formula is C21H26N4OS. The number of thioether (sulfide) groups is 1. The molecule has 0 radical (unpaired) electrons. The smallest absolute Gasteiger partial charge is 0.166 e. The fraction of sp³-hybridized carbons (Fsp3) is 0.429. The number of fused-ring (bicyclic) bond motifs is 1. The average Bonchev–Trinajstić information content (AvgIpc) is 2.90. The van der Waals surface area contributed by atoms with Gasteiger partial charge < -0.3 is 14.6 Å². The summed E-state index contributed by atoms with van der Waals surface area (Å²) >= 11 is 1.68. The lowest BCUT2D eigenvalue weighted by Gasteiger charge is -2.22. The summed E-state index contributed by atoms with van der Waals surface area (Å²) < 4.78 is 5.39. The second kappa shape index (κ2) is 8.21. The van der Waals surface area contributed by atoms with Crippen LogP contribution in [-0.2, 0) is 5.75 Å². The zero-order valence-electron chi connectivity index (χ0n) is 16.0. The van der Waals surface area contributed by atoms with Gasteiger partial charge in [0.05, 0.1) is 23.8 Å². The number of hydrogen-bond donors (Lipinski definition) is 1. The van der Waals surface area contributed by atoms with E-state index < -0.39 is 0 Å². The third-order valence-corrected chi connectivity index (χ3v) is 6.12. The molecule has 4 rings (SSSR count).